The highest BCUT2D eigenvalue weighted by molar-refractivity contribution is 7.98. The molecule has 1 N–H and O–H groups in total. The second kappa shape index (κ2) is 9.75. The van der Waals surface area contributed by atoms with Gasteiger partial charge < -0.3 is 10.2 Å². The molecule has 28 heavy (non-hydrogen) atoms. The number of aryl methyl sites for hydroxylation is 1. The van der Waals surface area contributed by atoms with Crippen molar-refractivity contribution >= 4 is 52.5 Å². The third-order valence-electron chi connectivity index (χ3n) is 4.49. The van der Waals surface area contributed by atoms with E-state index in [1.807, 2.05) is 51.3 Å². The van der Waals surface area contributed by atoms with Gasteiger partial charge in [0.2, 0.25) is 0 Å². The quantitative estimate of drug-likeness (QED) is 0.552. The van der Waals surface area contributed by atoms with Gasteiger partial charge in [0.15, 0.2) is 5.65 Å². The highest BCUT2D eigenvalue weighted by Gasteiger charge is 2.20. The van der Waals surface area contributed by atoms with Crippen LogP contribution in [0.15, 0.2) is 47.5 Å². The monoisotopic (exact) mass is 416 g/mol. The molecule has 7 heteroatoms. The van der Waals surface area contributed by atoms with Crippen molar-refractivity contribution in [3.63, 3.8) is 0 Å². The van der Waals surface area contributed by atoms with E-state index in [4.69, 9.17) is 0 Å². The number of nitrogens with one attached hydrogen (secondary N) is 1. The number of aromatic nitrogens is 2. The number of hydrogen-bond acceptors (Lipinski definition) is 5. The largest absolute Gasteiger partial charge is 0.354 e. The summed E-state index contributed by atoms with van der Waals surface area (Å²) < 4.78 is 0. The summed E-state index contributed by atoms with van der Waals surface area (Å²) in [6.07, 6.45) is 3.68. The Balaban J connectivity index is 0.00000280. The number of halogens is 1. The fraction of sp³-hybridized carbons (Fsp3) is 0.286. The molecule has 0 saturated heterocycles. The van der Waals surface area contributed by atoms with Gasteiger partial charge in [-0.25, -0.2) is 9.97 Å². The average molecular weight is 417 g/mol. The summed E-state index contributed by atoms with van der Waals surface area (Å²) in [5, 5.41) is 4.29. The Labute approximate surface area is 176 Å². The molecule has 0 aliphatic rings. The predicted octanol–water partition coefficient (Wildman–Crippen LogP) is 5.31. The number of carbonyl (C=O) groups is 1. The lowest BCUT2D eigenvalue weighted by Crippen LogP contribution is -2.31. The highest BCUT2D eigenvalue weighted by atomic mass is 35.5. The molecule has 0 unspecified atom stereocenters. The first kappa shape index (κ1) is 22.0. The van der Waals surface area contributed by atoms with Crippen molar-refractivity contribution in [3.05, 3.63) is 53.9 Å². The first-order valence-electron chi connectivity index (χ1n) is 9.04. The molecule has 148 valence electrons. The molecule has 2 aromatic heterocycles. The maximum atomic E-state index is 13.1. The Morgan fingerprint density at radius 3 is 2.61 bits per heavy atom. The van der Waals surface area contributed by atoms with Gasteiger partial charge in [0.1, 0.15) is 0 Å². The first-order valence-corrected chi connectivity index (χ1v) is 10.3. The molecule has 1 aromatic carbocycles. The number of benzene rings is 1. The third kappa shape index (κ3) is 4.56. The van der Waals surface area contributed by atoms with Crippen LogP contribution in [-0.2, 0) is 0 Å². The van der Waals surface area contributed by atoms with Crippen molar-refractivity contribution in [2.24, 2.45) is 0 Å². The van der Waals surface area contributed by atoms with Crippen molar-refractivity contribution in [2.45, 2.75) is 25.7 Å². The molecule has 1 amide bonds. The fourth-order valence-corrected chi connectivity index (χ4v) is 3.45. The summed E-state index contributed by atoms with van der Waals surface area (Å²) in [4.78, 5) is 25.0. The maximum absolute atomic E-state index is 13.1. The lowest BCUT2D eigenvalue weighted by atomic mass is 10.1. The lowest BCUT2D eigenvalue weighted by molar-refractivity contribution is 0.0774. The molecule has 0 fully saturated rings. The first-order chi connectivity index (χ1) is 13.1. The van der Waals surface area contributed by atoms with Crippen molar-refractivity contribution < 1.29 is 4.79 Å². The van der Waals surface area contributed by atoms with E-state index in [-0.39, 0.29) is 18.3 Å². The number of pyridine rings is 2. The topological polar surface area (TPSA) is 58.1 Å². The van der Waals surface area contributed by atoms with Crippen molar-refractivity contribution in [1.29, 1.82) is 0 Å². The number of anilines is 2. The van der Waals surface area contributed by atoms with E-state index in [2.05, 4.69) is 27.4 Å². The molecule has 2 heterocycles. The molecule has 3 aromatic rings. The van der Waals surface area contributed by atoms with Gasteiger partial charge in [0.05, 0.1) is 11.3 Å². The Hall–Kier alpha value is -2.31. The number of amides is 1. The minimum absolute atomic E-state index is 0. The van der Waals surface area contributed by atoms with Gasteiger partial charge in [-0.15, -0.1) is 24.2 Å². The van der Waals surface area contributed by atoms with Crippen LogP contribution in [0.2, 0.25) is 0 Å². The lowest BCUT2D eigenvalue weighted by Gasteiger charge is -2.21. The van der Waals surface area contributed by atoms with Gasteiger partial charge in [0, 0.05) is 40.9 Å². The summed E-state index contributed by atoms with van der Waals surface area (Å²) in [6.45, 7) is 7.21. The fourth-order valence-electron chi connectivity index (χ4n) is 3.00. The second-order valence-corrected chi connectivity index (χ2v) is 7.08. The van der Waals surface area contributed by atoms with Crippen LogP contribution in [0.1, 0.15) is 29.9 Å². The molecule has 0 saturated carbocycles. The molecular weight excluding hydrogens is 392 g/mol. The molecule has 5 nitrogen and oxygen atoms in total. The van der Waals surface area contributed by atoms with Crippen molar-refractivity contribution in [3.8, 4) is 0 Å². The standard InChI is InChI=1S/C21H24N4OS.ClH/c1-5-25(6-2)21(26)18-13-22-20-17(11-10-14(3)23-20)19(18)24-15-8-7-9-16(12-15)27-4;/h7-13H,5-6H2,1-4H3,(H,22,23,24);1H. The van der Waals surface area contributed by atoms with Crippen LogP contribution >= 0.6 is 24.2 Å². The van der Waals surface area contributed by atoms with E-state index in [0.717, 1.165) is 27.4 Å². The SMILES string of the molecule is CCN(CC)C(=O)c1cnc2nc(C)ccc2c1Nc1cccc(SC)c1.Cl. The normalized spacial score (nSPS) is 10.4. The Morgan fingerprint density at radius 1 is 1.18 bits per heavy atom. The number of thioether (sulfide) groups is 1. The van der Waals surface area contributed by atoms with Gasteiger partial charge in [-0.2, -0.15) is 0 Å². The zero-order chi connectivity index (χ0) is 19.4. The van der Waals surface area contributed by atoms with Gasteiger partial charge in [-0.3, -0.25) is 4.79 Å². The van der Waals surface area contributed by atoms with Crippen LogP contribution in [0.25, 0.3) is 11.0 Å². The maximum Gasteiger partial charge on any atom is 0.257 e. The second-order valence-electron chi connectivity index (χ2n) is 6.21. The highest BCUT2D eigenvalue weighted by Crippen LogP contribution is 2.30. The van der Waals surface area contributed by atoms with E-state index >= 15 is 0 Å². The van der Waals surface area contributed by atoms with E-state index < -0.39 is 0 Å². The van der Waals surface area contributed by atoms with Crippen LogP contribution in [-0.4, -0.2) is 40.1 Å². The van der Waals surface area contributed by atoms with E-state index in [1.165, 1.54) is 0 Å². The van der Waals surface area contributed by atoms with Gasteiger partial charge in [0.25, 0.3) is 5.91 Å². The average Bonchev–Trinajstić information content (AvgIpc) is 2.69. The van der Waals surface area contributed by atoms with Crippen LogP contribution < -0.4 is 5.32 Å². The van der Waals surface area contributed by atoms with Gasteiger partial charge in [-0.05, 0) is 57.4 Å². The summed E-state index contributed by atoms with van der Waals surface area (Å²) >= 11 is 1.68. The minimum atomic E-state index is -0.0292. The third-order valence-corrected chi connectivity index (χ3v) is 5.21. The number of fused-ring (bicyclic) bond motifs is 1. The van der Waals surface area contributed by atoms with Crippen LogP contribution in [0.4, 0.5) is 11.4 Å². The number of nitrogens with zero attached hydrogens (tertiary/aromatic N) is 3. The van der Waals surface area contributed by atoms with E-state index in [0.29, 0.717) is 24.3 Å². The Bertz CT molecular complexity index is 976. The van der Waals surface area contributed by atoms with Crippen LogP contribution in [0, 0.1) is 6.92 Å². The minimum Gasteiger partial charge on any atom is -0.354 e. The van der Waals surface area contributed by atoms with E-state index in [1.54, 1.807) is 22.9 Å². The zero-order valence-corrected chi connectivity index (χ0v) is 18.2. The molecule has 0 atom stereocenters. The van der Waals surface area contributed by atoms with Gasteiger partial charge in [-0.1, -0.05) is 6.07 Å². The summed E-state index contributed by atoms with van der Waals surface area (Å²) in [6, 6.07) is 12.1. The van der Waals surface area contributed by atoms with Crippen molar-refractivity contribution in [2.75, 3.05) is 24.7 Å². The van der Waals surface area contributed by atoms with Crippen LogP contribution in [0.3, 0.4) is 0 Å². The molecule has 0 aliphatic heterocycles. The van der Waals surface area contributed by atoms with Crippen molar-refractivity contribution in [1.82, 2.24) is 14.9 Å². The molecule has 3 rings (SSSR count). The van der Waals surface area contributed by atoms with E-state index in [9.17, 15) is 4.79 Å². The Kier molecular flexibility index (Phi) is 7.66. The number of carbonyl (C=O) groups excluding carboxylic acids is 1. The predicted molar refractivity (Wildman–Crippen MR) is 120 cm³/mol. The summed E-state index contributed by atoms with van der Waals surface area (Å²) in [7, 11) is 0. The zero-order valence-electron chi connectivity index (χ0n) is 16.5. The summed E-state index contributed by atoms with van der Waals surface area (Å²) in [5.41, 5.74) is 3.78. The number of rotatable bonds is 6. The summed E-state index contributed by atoms with van der Waals surface area (Å²) in [5.74, 6) is -0.0292. The molecular formula is C21H25ClN4OS. The molecule has 0 spiro atoms. The smallest absolute Gasteiger partial charge is 0.257 e. The van der Waals surface area contributed by atoms with Crippen LogP contribution in [0.5, 0.6) is 0 Å². The molecule has 0 aliphatic carbocycles. The molecule has 0 bridgehead atoms. The molecule has 0 radical (unpaired) electrons. The van der Waals surface area contributed by atoms with Gasteiger partial charge >= 0.3 is 0 Å². The Morgan fingerprint density at radius 2 is 1.93 bits per heavy atom. The number of hydrogen-bond donors (Lipinski definition) is 1.